The van der Waals surface area contributed by atoms with Crippen LogP contribution in [0.4, 0.5) is 5.95 Å². The van der Waals surface area contributed by atoms with Crippen molar-refractivity contribution < 1.29 is 13.2 Å². The van der Waals surface area contributed by atoms with Crippen molar-refractivity contribution in [2.24, 2.45) is 5.41 Å². The summed E-state index contributed by atoms with van der Waals surface area (Å²) >= 11 is 0. The van der Waals surface area contributed by atoms with Crippen molar-refractivity contribution in [3.63, 3.8) is 0 Å². The van der Waals surface area contributed by atoms with E-state index in [1.165, 1.54) is 0 Å². The maximum atomic E-state index is 12.2. The monoisotopic (exact) mass is 406 g/mol. The highest BCUT2D eigenvalue weighted by atomic mass is 32.2. The van der Waals surface area contributed by atoms with E-state index in [-0.39, 0.29) is 16.6 Å². The van der Waals surface area contributed by atoms with Gasteiger partial charge in [0.2, 0.25) is 16.0 Å². The predicted molar refractivity (Wildman–Crippen MR) is 111 cm³/mol. The first-order valence-electron chi connectivity index (χ1n) is 10.0. The maximum absolute atomic E-state index is 12.2. The standard InChI is InChI=1S/C20H30N4O3S/c1-5-11-20(7-3,8-4)14-27-17-12-18-21-22-19(24(18)13-15(17)6-2)23-28(25,26)16-9-10-16/h5,12-13,16H,1,6-11,14H2,2-4H3,(H,22,23). The molecule has 8 heteroatoms. The Bertz CT molecular complexity index is 944. The van der Waals surface area contributed by atoms with Gasteiger partial charge in [-0.05, 0) is 38.5 Å². The molecule has 0 saturated heterocycles. The van der Waals surface area contributed by atoms with Crippen molar-refractivity contribution >= 4 is 21.6 Å². The lowest BCUT2D eigenvalue weighted by Crippen LogP contribution is -2.27. The second-order valence-electron chi connectivity index (χ2n) is 7.60. The molecule has 0 unspecified atom stereocenters. The topological polar surface area (TPSA) is 85.6 Å². The second-order valence-corrected chi connectivity index (χ2v) is 9.56. The Balaban J connectivity index is 1.87. The van der Waals surface area contributed by atoms with E-state index in [0.29, 0.717) is 25.1 Å². The number of hydrogen-bond donors (Lipinski definition) is 1. The Hall–Kier alpha value is -2.09. The number of hydrogen-bond acceptors (Lipinski definition) is 5. The van der Waals surface area contributed by atoms with Gasteiger partial charge in [-0.2, -0.15) is 0 Å². The molecule has 7 nitrogen and oxygen atoms in total. The number of fused-ring (bicyclic) bond motifs is 1. The maximum Gasteiger partial charge on any atom is 0.242 e. The molecule has 1 N–H and O–H groups in total. The molecule has 2 aromatic rings. The number of aryl methyl sites for hydroxylation is 1. The normalized spacial score (nSPS) is 15.0. The Kier molecular flexibility index (Phi) is 5.98. The van der Waals surface area contributed by atoms with E-state index >= 15 is 0 Å². The number of rotatable bonds is 11. The molecule has 3 rings (SSSR count). The first-order valence-corrected chi connectivity index (χ1v) is 11.6. The molecule has 0 aliphatic heterocycles. The third kappa shape index (κ3) is 4.16. The van der Waals surface area contributed by atoms with Gasteiger partial charge in [0, 0.05) is 23.2 Å². The first-order chi connectivity index (χ1) is 13.4. The minimum Gasteiger partial charge on any atom is -0.493 e. The van der Waals surface area contributed by atoms with Gasteiger partial charge in [0.25, 0.3) is 0 Å². The Morgan fingerprint density at radius 1 is 1.32 bits per heavy atom. The number of nitrogens with one attached hydrogen (secondary N) is 1. The van der Waals surface area contributed by atoms with Gasteiger partial charge in [-0.15, -0.1) is 16.8 Å². The van der Waals surface area contributed by atoms with Crippen LogP contribution < -0.4 is 9.46 Å². The Morgan fingerprint density at radius 3 is 2.61 bits per heavy atom. The molecule has 0 aromatic carbocycles. The molecule has 2 heterocycles. The van der Waals surface area contributed by atoms with Crippen molar-refractivity contribution in [2.75, 3.05) is 11.3 Å². The largest absolute Gasteiger partial charge is 0.493 e. The lowest BCUT2D eigenvalue weighted by molar-refractivity contribution is 0.134. The summed E-state index contributed by atoms with van der Waals surface area (Å²) in [6.45, 7) is 10.9. The molecular weight excluding hydrogens is 376 g/mol. The van der Waals surface area contributed by atoms with E-state index in [1.54, 1.807) is 4.40 Å². The average Bonchev–Trinajstić information content (AvgIpc) is 3.49. The third-order valence-electron chi connectivity index (χ3n) is 5.77. The van der Waals surface area contributed by atoms with Gasteiger partial charge in [-0.25, -0.2) is 8.42 Å². The minimum atomic E-state index is -3.39. The van der Waals surface area contributed by atoms with Crippen LogP contribution in [-0.2, 0) is 16.4 Å². The summed E-state index contributed by atoms with van der Waals surface area (Å²) in [5.41, 5.74) is 1.61. The van der Waals surface area contributed by atoms with Crippen LogP contribution in [-0.4, -0.2) is 34.9 Å². The molecule has 0 spiro atoms. The van der Waals surface area contributed by atoms with Crippen LogP contribution in [0.5, 0.6) is 5.75 Å². The van der Waals surface area contributed by atoms with Gasteiger partial charge in [0.1, 0.15) is 5.75 Å². The molecule has 1 saturated carbocycles. The molecule has 0 atom stereocenters. The van der Waals surface area contributed by atoms with E-state index in [0.717, 1.165) is 37.0 Å². The van der Waals surface area contributed by atoms with Crippen LogP contribution in [0.25, 0.3) is 5.65 Å². The smallest absolute Gasteiger partial charge is 0.242 e. The van der Waals surface area contributed by atoms with Gasteiger partial charge in [0.05, 0.1) is 11.9 Å². The lowest BCUT2D eigenvalue weighted by atomic mass is 9.80. The van der Waals surface area contributed by atoms with Crippen LogP contribution in [0.1, 0.15) is 58.4 Å². The fraction of sp³-hybridized carbons (Fsp3) is 0.600. The number of aromatic nitrogens is 3. The number of anilines is 1. The Labute approximate surface area is 167 Å². The van der Waals surface area contributed by atoms with Crippen molar-refractivity contribution in [3.8, 4) is 5.75 Å². The van der Waals surface area contributed by atoms with E-state index in [2.05, 4.69) is 35.3 Å². The Morgan fingerprint density at radius 2 is 2.04 bits per heavy atom. The molecule has 154 valence electrons. The molecule has 1 aliphatic carbocycles. The van der Waals surface area contributed by atoms with Gasteiger partial charge >= 0.3 is 0 Å². The summed E-state index contributed by atoms with van der Waals surface area (Å²) in [6.07, 6.45) is 8.90. The van der Waals surface area contributed by atoms with E-state index in [9.17, 15) is 8.42 Å². The predicted octanol–water partition coefficient (Wildman–Crippen LogP) is 3.96. The van der Waals surface area contributed by atoms with Gasteiger partial charge in [-0.1, -0.05) is 26.8 Å². The van der Waals surface area contributed by atoms with Crippen LogP contribution in [0, 0.1) is 5.41 Å². The van der Waals surface area contributed by atoms with E-state index in [1.807, 2.05) is 25.3 Å². The highest BCUT2D eigenvalue weighted by Crippen LogP contribution is 2.34. The van der Waals surface area contributed by atoms with E-state index in [4.69, 9.17) is 4.74 Å². The molecule has 28 heavy (non-hydrogen) atoms. The van der Waals surface area contributed by atoms with Crippen LogP contribution >= 0.6 is 0 Å². The lowest BCUT2D eigenvalue weighted by Gasteiger charge is -2.30. The highest BCUT2D eigenvalue weighted by molar-refractivity contribution is 7.93. The van der Waals surface area contributed by atoms with Gasteiger partial charge in [-0.3, -0.25) is 9.12 Å². The van der Waals surface area contributed by atoms with Crippen molar-refractivity contribution in [3.05, 3.63) is 30.5 Å². The average molecular weight is 407 g/mol. The quantitative estimate of drug-likeness (QED) is 0.571. The third-order valence-corrected chi connectivity index (χ3v) is 7.59. The summed E-state index contributed by atoms with van der Waals surface area (Å²) in [6, 6.07) is 1.84. The van der Waals surface area contributed by atoms with Crippen LogP contribution in [0.3, 0.4) is 0 Å². The summed E-state index contributed by atoms with van der Waals surface area (Å²) < 4.78 is 35.0. The molecule has 1 fully saturated rings. The SMILES string of the molecule is C=CCC(CC)(CC)COc1cc2nnc(NS(=O)(=O)C3CC3)n2cc1CC. The molecule has 0 radical (unpaired) electrons. The number of sulfonamides is 1. The van der Waals surface area contributed by atoms with Crippen LogP contribution in [0.2, 0.25) is 0 Å². The van der Waals surface area contributed by atoms with Crippen molar-refractivity contribution in [2.45, 2.75) is 64.5 Å². The second kappa shape index (κ2) is 8.11. The minimum absolute atomic E-state index is 0.0671. The molecular formula is C20H30N4O3S. The van der Waals surface area contributed by atoms with Crippen molar-refractivity contribution in [1.82, 2.24) is 14.6 Å². The summed E-state index contributed by atoms with van der Waals surface area (Å²) in [5.74, 6) is 1.00. The summed E-state index contributed by atoms with van der Waals surface area (Å²) in [4.78, 5) is 0. The number of ether oxygens (including phenoxy) is 1. The summed E-state index contributed by atoms with van der Waals surface area (Å²) in [5, 5.41) is 7.85. The fourth-order valence-corrected chi connectivity index (χ4v) is 4.67. The molecule has 2 aromatic heterocycles. The zero-order valence-electron chi connectivity index (χ0n) is 16.9. The number of nitrogens with zero attached hydrogens (tertiary/aromatic N) is 3. The zero-order chi connectivity index (χ0) is 20.4. The van der Waals surface area contributed by atoms with Crippen molar-refractivity contribution in [1.29, 1.82) is 0 Å². The van der Waals surface area contributed by atoms with Gasteiger partial charge < -0.3 is 4.74 Å². The molecule has 0 amide bonds. The summed E-state index contributed by atoms with van der Waals surface area (Å²) in [7, 11) is -3.39. The molecule has 0 bridgehead atoms. The molecule has 1 aliphatic rings. The fourth-order valence-electron chi connectivity index (χ4n) is 3.36. The number of allylic oxidation sites excluding steroid dienone is 1. The zero-order valence-corrected chi connectivity index (χ0v) is 17.8. The highest BCUT2D eigenvalue weighted by Gasteiger charge is 2.36. The van der Waals surface area contributed by atoms with Crippen LogP contribution in [0.15, 0.2) is 24.9 Å². The number of pyridine rings is 1. The first kappa shape index (κ1) is 20.6. The van der Waals surface area contributed by atoms with E-state index < -0.39 is 10.0 Å². The van der Waals surface area contributed by atoms with Gasteiger partial charge in [0.15, 0.2) is 5.65 Å².